The number of halogens is 5. The molecule has 0 aliphatic heterocycles. The van der Waals surface area contributed by atoms with Gasteiger partial charge in [0.1, 0.15) is 5.82 Å². The first-order valence-corrected chi connectivity index (χ1v) is 9.12. The van der Waals surface area contributed by atoms with Crippen molar-refractivity contribution >= 4 is 23.2 Å². The van der Waals surface area contributed by atoms with Gasteiger partial charge in [-0.05, 0) is 48.8 Å². The predicted molar refractivity (Wildman–Crippen MR) is 94.8 cm³/mol. The number of anilines is 1. The standard InChI is InChI=1S/C19H15ClF4N2O2/c20-12-7-15(13(21)6-11(12)19(22,23)24)26-18(28)17-8-1-2-10(17)9-3-4-16(27)25-14(9)5-8/h3-4,6-8,10,17H,1-2,5H2,(H,25,27)(H,26,28)/t8-,10-,17?/m1/s1. The van der Waals surface area contributed by atoms with E-state index < -0.39 is 34.4 Å². The molecule has 1 unspecified atom stereocenters. The van der Waals surface area contributed by atoms with Gasteiger partial charge in [-0.2, -0.15) is 13.2 Å². The largest absolute Gasteiger partial charge is 0.417 e. The minimum atomic E-state index is -4.79. The van der Waals surface area contributed by atoms with E-state index in [0.29, 0.717) is 6.42 Å². The first-order valence-electron chi connectivity index (χ1n) is 8.74. The Morgan fingerprint density at radius 2 is 1.96 bits per heavy atom. The van der Waals surface area contributed by atoms with Gasteiger partial charge in [-0.1, -0.05) is 17.7 Å². The summed E-state index contributed by atoms with van der Waals surface area (Å²) in [5.74, 6) is -2.25. The molecule has 2 aliphatic rings. The van der Waals surface area contributed by atoms with E-state index in [2.05, 4.69) is 10.3 Å². The Bertz CT molecular complexity index is 1020. The maximum Gasteiger partial charge on any atom is 0.417 e. The van der Waals surface area contributed by atoms with Crippen LogP contribution < -0.4 is 10.9 Å². The van der Waals surface area contributed by atoms with Crippen LogP contribution in [0.15, 0.2) is 29.1 Å². The molecule has 4 rings (SSSR count). The zero-order chi connectivity index (χ0) is 20.2. The maximum absolute atomic E-state index is 14.2. The molecule has 2 bridgehead atoms. The molecule has 4 nitrogen and oxygen atoms in total. The molecule has 1 aromatic heterocycles. The van der Waals surface area contributed by atoms with Crippen molar-refractivity contribution in [1.82, 2.24) is 4.98 Å². The Balaban J connectivity index is 1.61. The fourth-order valence-electron chi connectivity index (χ4n) is 4.44. The number of hydrogen-bond donors (Lipinski definition) is 2. The van der Waals surface area contributed by atoms with Crippen molar-refractivity contribution in [3.63, 3.8) is 0 Å². The fourth-order valence-corrected chi connectivity index (χ4v) is 4.71. The number of carbonyl (C=O) groups is 1. The van der Waals surface area contributed by atoms with Gasteiger partial charge in [0.05, 0.1) is 16.3 Å². The van der Waals surface area contributed by atoms with Gasteiger partial charge in [-0.25, -0.2) is 4.39 Å². The molecule has 0 saturated heterocycles. The number of fused-ring (bicyclic) bond motifs is 4. The fraction of sp³-hybridized carbons (Fsp3) is 0.368. The normalized spacial score (nSPS) is 23.4. The molecule has 2 N–H and O–H groups in total. The van der Waals surface area contributed by atoms with E-state index in [9.17, 15) is 27.2 Å². The molecule has 0 radical (unpaired) electrons. The highest BCUT2D eigenvalue weighted by Gasteiger charge is 2.46. The summed E-state index contributed by atoms with van der Waals surface area (Å²) in [6.07, 6.45) is -2.74. The minimum Gasteiger partial charge on any atom is -0.326 e. The molecular weight excluding hydrogens is 400 g/mol. The number of nitrogens with one attached hydrogen (secondary N) is 2. The van der Waals surface area contributed by atoms with Crippen LogP contribution >= 0.6 is 11.6 Å². The molecule has 28 heavy (non-hydrogen) atoms. The third kappa shape index (κ3) is 3.19. The molecule has 0 spiro atoms. The summed E-state index contributed by atoms with van der Waals surface area (Å²) in [6.45, 7) is 0. The monoisotopic (exact) mass is 414 g/mol. The van der Waals surface area contributed by atoms with Crippen LogP contribution in [-0.2, 0) is 17.4 Å². The van der Waals surface area contributed by atoms with E-state index >= 15 is 0 Å². The third-order valence-corrected chi connectivity index (χ3v) is 5.93. The number of aromatic amines is 1. The molecule has 3 atom stereocenters. The van der Waals surface area contributed by atoms with Gasteiger partial charge < -0.3 is 10.3 Å². The molecule has 1 aromatic carbocycles. The number of aromatic nitrogens is 1. The predicted octanol–water partition coefficient (Wildman–Crippen LogP) is 4.49. The van der Waals surface area contributed by atoms with Crippen molar-refractivity contribution in [2.24, 2.45) is 11.8 Å². The lowest BCUT2D eigenvalue weighted by atomic mass is 9.76. The Hall–Kier alpha value is -2.35. The highest BCUT2D eigenvalue weighted by Crippen LogP contribution is 2.50. The molecule has 1 saturated carbocycles. The van der Waals surface area contributed by atoms with Crippen LogP contribution in [0.1, 0.15) is 35.6 Å². The second kappa shape index (κ2) is 6.62. The average molecular weight is 415 g/mol. The first-order chi connectivity index (χ1) is 13.1. The molecule has 2 aromatic rings. The molecule has 1 amide bonds. The number of pyridine rings is 1. The van der Waals surface area contributed by atoms with Crippen LogP contribution in [0.25, 0.3) is 0 Å². The number of amides is 1. The summed E-state index contributed by atoms with van der Waals surface area (Å²) >= 11 is 5.63. The zero-order valence-electron chi connectivity index (χ0n) is 14.4. The van der Waals surface area contributed by atoms with Crippen molar-refractivity contribution in [3.8, 4) is 0 Å². The van der Waals surface area contributed by atoms with Crippen molar-refractivity contribution in [1.29, 1.82) is 0 Å². The lowest BCUT2D eigenvalue weighted by Gasteiger charge is -2.30. The summed E-state index contributed by atoms with van der Waals surface area (Å²) in [6, 6.07) is 4.18. The first kappa shape index (κ1) is 19.0. The second-order valence-corrected chi connectivity index (χ2v) is 7.64. The molecular formula is C19H15ClF4N2O2. The van der Waals surface area contributed by atoms with Gasteiger partial charge in [0.25, 0.3) is 0 Å². The Morgan fingerprint density at radius 1 is 1.21 bits per heavy atom. The summed E-state index contributed by atoms with van der Waals surface area (Å²) in [4.78, 5) is 27.2. The van der Waals surface area contributed by atoms with Crippen LogP contribution in [0, 0.1) is 17.7 Å². The molecule has 9 heteroatoms. The van der Waals surface area contributed by atoms with Gasteiger partial charge in [-0.3, -0.25) is 9.59 Å². The van der Waals surface area contributed by atoms with Crippen molar-refractivity contribution < 1.29 is 22.4 Å². The number of H-pyrrole nitrogens is 1. The topological polar surface area (TPSA) is 62.0 Å². The number of rotatable bonds is 2. The summed E-state index contributed by atoms with van der Waals surface area (Å²) in [5, 5.41) is 1.72. The lowest BCUT2D eigenvalue weighted by molar-refractivity contribution is -0.137. The third-order valence-electron chi connectivity index (χ3n) is 5.62. The second-order valence-electron chi connectivity index (χ2n) is 7.23. The SMILES string of the molecule is O=C(Nc1cc(Cl)c(C(F)(F)F)cc1F)C1[C@@H]2CC[C@@H]1c1ccc(=O)[nH]c1C2. The van der Waals surface area contributed by atoms with Gasteiger partial charge in [0.2, 0.25) is 11.5 Å². The molecule has 148 valence electrons. The Kier molecular flexibility index (Phi) is 4.49. The highest BCUT2D eigenvalue weighted by atomic mass is 35.5. The zero-order valence-corrected chi connectivity index (χ0v) is 15.1. The van der Waals surface area contributed by atoms with Crippen LogP contribution in [-0.4, -0.2) is 10.9 Å². The van der Waals surface area contributed by atoms with E-state index in [1.165, 1.54) is 6.07 Å². The average Bonchev–Trinajstić information content (AvgIpc) is 2.92. The van der Waals surface area contributed by atoms with Gasteiger partial charge >= 0.3 is 6.18 Å². The van der Waals surface area contributed by atoms with Crippen LogP contribution in [0.4, 0.5) is 23.2 Å². The van der Waals surface area contributed by atoms with Gasteiger partial charge in [0.15, 0.2) is 0 Å². The van der Waals surface area contributed by atoms with Crippen molar-refractivity contribution in [2.45, 2.75) is 31.4 Å². The van der Waals surface area contributed by atoms with Gasteiger partial charge in [-0.15, -0.1) is 0 Å². The maximum atomic E-state index is 14.2. The summed E-state index contributed by atoms with van der Waals surface area (Å²) in [5.41, 5.74) is -0.176. The van der Waals surface area contributed by atoms with E-state index in [4.69, 9.17) is 11.6 Å². The van der Waals surface area contributed by atoms with Crippen LogP contribution in [0.2, 0.25) is 5.02 Å². The molecule has 2 aliphatic carbocycles. The lowest BCUT2D eigenvalue weighted by Crippen LogP contribution is -2.35. The van der Waals surface area contributed by atoms with Crippen molar-refractivity contribution in [3.05, 3.63) is 62.3 Å². The summed E-state index contributed by atoms with van der Waals surface area (Å²) < 4.78 is 52.7. The van der Waals surface area contributed by atoms with E-state index in [0.717, 1.165) is 30.2 Å². The molecule has 1 fully saturated rings. The Morgan fingerprint density at radius 3 is 2.68 bits per heavy atom. The van der Waals surface area contributed by atoms with Crippen LogP contribution in [0.3, 0.4) is 0 Å². The van der Waals surface area contributed by atoms with Gasteiger partial charge in [0, 0.05) is 17.7 Å². The van der Waals surface area contributed by atoms with Crippen LogP contribution in [0.5, 0.6) is 0 Å². The number of hydrogen-bond acceptors (Lipinski definition) is 2. The number of alkyl halides is 3. The molecule has 1 heterocycles. The highest BCUT2D eigenvalue weighted by molar-refractivity contribution is 6.31. The van der Waals surface area contributed by atoms with E-state index in [1.54, 1.807) is 6.07 Å². The minimum absolute atomic E-state index is 0.0245. The number of benzene rings is 1. The number of carbonyl (C=O) groups excluding carboxylic acids is 1. The quantitative estimate of drug-likeness (QED) is 0.711. The Labute approximate surface area is 161 Å². The van der Waals surface area contributed by atoms with Crippen molar-refractivity contribution in [2.75, 3.05) is 5.32 Å². The smallest absolute Gasteiger partial charge is 0.326 e. The summed E-state index contributed by atoms with van der Waals surface area (Å²) in [7, 11) is 0. The van der Waals surface area contributed by atoms with E-state index in [-0.39, 0.29) is 29.1 Å². The van der Waals surface area contributed by atoms with E-state index in [1.807, 2.05) is 0 Å².